The van der Waals surface area contributed by atoms with Crippen molar-refractivity contribution < 1.29 is 9.15 Å². The van der Waals surface area contributed by atoms with Crippen LogP contribution < -0.4 is 0 Å². The van der Waals surface area contributed by atoms with Crippen molar-refractivity contribution in [2.24, 2.45) is 0 Å². The highest BCUT2D eigenvalue weighted by Gasteiger charge is 2.33. The number of allylic oxidation sites excluding steroid dienone is 2. The summed E-state index contributed by atoms with van der Waals surface area (Å²) in [6, 6.07) is 2.33. The lowest BCUT2D eigenvalue weighted by molar-refractivity contribution is -0.665. The van der Waals surface area contributed by atoms with E-state index < -0.39 is 0 Å². The van der Waals surface area contributed by atoms with E-state index in [-0.39, 0.29) is 13.1 Å². The molecule has 8 aromatic heterocycles. The lowest BCUT2D eigenvalue weighted by atomic mass is 9.97. The molecule has 9 heterocycles. The molecule has 9 aromatic rings. The maximum atomic E-state index is 4.70. The number of aromatic nitrogens is 14. The normalized spacial score (nSPS) is 12.2. The summed E-state index contributed by atoms with van der Waals surface area (Å²) < 4.78 is 4.73. The van der Waals surface area contributed by atoms with Gasteiger partial charge in [0.2, 0.25) is 11.4 Å². The summed E-state index contributed by atoms with van der Waals surface area (Å²) in [6.07, 6.45) is 2.11. The highest BCUT2D eigenvalue weighted by molar-refractivity contribution is 7.57. The molecule has 0 amide bonds. The number of hydrogen-bond donors (Lipinski definition) is 4. The van der Waals surface area contributed by atoms with Crippen molar-refractivity contribution >= 4 is 30.6 Å². The van der Waals surface area contributed by atoms with Gasteiger partial charge < -0.3 is 0 Å². The van der Waals surface area contributed by atoms with Crippen LogP contribution in [0.1, 0.15) is 199 Å². The van der Waals surface area contributed by atoms with Gasteiger partial charge in [0.1, 0.15) is 35.8 Å². The zero-order chi connectivity index (χ0) is 71.2. The largest absolute Gasteiger partial charge is 0.339 e. The van der Waals surface area contributed by atoms with Gasteiger partial charge in [-0.15, -0.1) is 12.5 Å². The molecule has 1 aromatic carbocycles. The maximum Gasteiger partial charge on any atom is 0.339 e. The van der Waals surface area contributed by atoms with Crippen molar-refractivity contribution in [1.29, 1.82) is 0 Å². The first-order chi connectivity index (χ1) is 43.6. The number of aromatic amines is 4. The number of benzene rings is 1. The number of pyridine rings is 4. The molecule has 504 valence electrons. The maximum absolute atomic E-state index is 4.70. The highest BCUT2D eigenvalue weighted by atomic mass is 31.1. The van der Waals surface area contributed by atoms with E-state index in [9.17, 15) is 0 Å². The number of aryl methyl sites for hydroxylation is 9. The van der Waals surface area contributed by atoms with Crippen molar-refractivity contribution in [3.05, 3.63) is 169 Å². The third kappa shape index (κ3) is 16.7. The lowest BCUT2D eigenvalue weighted by Gasteiger charge is -2.28. The van der Waals surface area contributed by atoms with Crippen LogP contribution in [0.2, 0.25) is 0 Å². The Hall–Kier alpha value is -7.97. The molecule has 0 fully saturated rings. The van der Waals surface area contributed by atoms with Crippen LogP contribution in [0.25, 0.3) is 40.0 Å². The Morgan fingerprint density at radius 2 is 0.809 bits per heavy atom. The second-order valence-corrected chi connectivity index (χ2v) is 29.7. The molecule has 94 heavy (non-hydrogen) atoms. The fourth-order valence-corrected chi connectivity index (χ4v) is 11.6. The summed E-state index contributed by atoms with van der Waals surface area (Å²) in [5, 5.41) is 29.1. The predicted molar refractivity (Wildman–Crippen MR) is 397 cm³/mol. The van der Waals surface area contributed by atoms with E-state index in [1.807, 2.05) is 34.6 Å². The van der Waals surface area contributed by atoms with E-state index in [4.69, 9.17) is 4.98 Å². The van der Waals surface area contributed by atoms with Gasteiger partial charge in [0, 0.05) is 64.8 Å². The summed E-state index contributed by atoms with van der Waals surface area (Å²) in [6.45, 7) is 73.3. The molecule has 17 heteroatoms. The first kappa shape index (κ1) is 76.7. The Labute approximate surface area is 565 Å². The van der Waals surface area contributed by atoms with E-state index in [2.05, 4.69) is 294 Å². The summed E-state index contributed by atoms with van der Waals surface area (Å²) in [7, 11) is 2.15. The second kappa shape index (κ2) is 31.5. The molecule has 0 atom stereocenters. The van der Waals surface area contributed by atoms with Gasteiger partial charge in [0.15, 0.2) is 11.6 Å². The van der Waals surface area contributed by atoms with E-state index in [1.54, 1.807) is 0 Å². The Balaban J connectivity index is 0.000000205. The predicted octanol–water partition coefficient (Wildman–Crippen LogP) is 18.0. The smallest absolute Gasteiger partial charge is 0.282 e. The van der Waals surface area contributed by atoms with Crippen LogP contribution in [-0.4, -0.2) is 118 Å². The minimum atomic E-state index is -0.00538. The van der Waals surface area contributed by atoms with Gasteiger partial charge >= 0.3 is 6.67 Å². The van der Waals surface area contributed by atoms with Crippen LogP contribution in [0.3, 0.4) is 0 Å². The van der Waals surface area contributed by atoms with E-state index in [1.165, 1.54) is 123 Å². The third-order valence-corrected chi connectivity index (χ3v) is 23.1. The molecule has 0 aliphatic carbocycles. The third-order valence-electron chi connectivity index (χ3n) is 20.7. The van der Waals surface area contributed by atoms with Crippen LogP contribution in [-0.2, 0) is 5.16 Å². The van der Waals surface area contributed by atoms with Gasteiger partial charge in [-0.25, -0.2) is 19.9 Å². The van der Waals surface area contributed by atoms with Gasteiger partial charge in [-0.2, -0.15) is 25.0 Å². The summed E-state index contributed by atoms with van der Waals surface area (Å²) in [4.78, 5) is 27.1. The number of hydrogen-bond acceptors (Lipinski definition) is 10. The van der Waals surface area contributed by atoms with E-state index >= 15 is 0 Å². The molecular formula is C77H113N16P+2. The van der Waals surface area contributed by atoms with Gasteiger partial charge in [-0.05, 0) is 307 Å². The standard InChI is InChI=1S/C16H24N2.C14H19N3.C13H19N.2C12H16N4.C10H19N2P/c1-10-8-16(13(4)12(3)11(10)2)18-9-17(7)14(5)15(18)6;1-7-8(2)11(5)15-13(9(7)3)14-10(4)12(6)16-17-14;1-7-8(2)13-11(5)9(3)10(4)12(6)14-13;2*1-6-7(2)9(4)13-11(8(6)3)12-14-10(5)15-16-12;1-7-8(2)11-12-9(7)10(3,4)13(5)6/h8H,9H2,1-7H3;1-6H3,(H,16,17);7H,1-6H3;2*1-5H3,(H,14,15,16);1-6H3,(H,11,12)/q+2;;;;;/b;;8-7+;;;. The SMILES string of the molecule is C/C=C(\C)c1nc(C)c(C)c(C)c1C.CC1=[N+](C)C[N+](c2cc(C)c(C)c(C)c2C)=C1C.Cc1[nH]nc(C(C)(C)P(C)C)c1C.Cc1nc(-c2n[nH]c(C)c2C)c(C)c(C)c1C.Cc1nc(-c2nc(C)c(C)c(C)c2C)n[nH]1.Cc1nc(-c2nc(C)c(C)c(C)c2C)n[nH]1. The molecule has 0 radical (unpaired) electrons. The average Bonchev–Trinajstić information content (AvgIpc) is 1.49. The number of rotatable bonds is 7. The zero-order valence-corrected chi connectivity index (χ0v) is 65.1. The molecule has 0 unspecified atom stereocenters. The Kier molecular flexibility index (Phi) is 25.7. The minimum absolute atomic E-state index is 0.00538. The van der Waals surface area contributed by atoms with Crippen molar-refractivity contribution in [3.63, 3.8) is 0 Å². The van der Waals surface area contributed by atoms with Crippen LogP contribution in [0, 0.1) is 180 Å². The first-order valence-corrected chi connectivity index (χ1v) is 35.0. The van der Waals surface area contributed by atoms with Gasteiger partial charge in [0.05, 0.1) is 17.1 Å². The number of nitrogens with one attached hydrogen (secondary N) is 4. The first-order valence-electron chi connectivity index (χ1n) is 32.8. The zero-order valence-electron chi connectivity index (χ0n) is 64.2. The van der Waals surface area contributed by atoms with Crippen molar-refractivity contribution in [2.45, 2.75) is 227 Å². The van der Waals surface area contributed by atoms with Crippen molar-refractivity contribution in [2.75, 3.05) is 27.0 Å². The molecule has 1 aliphatic heterocycles. The molecule has 0 saturated heterocycles. The molecule has 0 spiro atoms. The lowest BCUT2D eigenvalue weighted by Crippen LogP contribution is -2.15. The topological polar surface area (TPSA) is 198 Å². The fraction of sp³-hybridized carbons (Fsp3) is 0.481. The fourth-order valence-electron chi connectivity index (χ4n) is 11.0. The Morgan fingerprint density at radius 1 is 0.415 bits per heavy atom. The molecular weight excluding hydrogens is 1180 g/mol. The molecule has 0 saturated carbocycles. The van der Waals surface area contributed by atoms with Crippen molar-refractivity contribution in [3.8, 4) is 34.4 Å². The molecule has 0 bridgehead atoms. The quantitative estimate of drug-likeness (QED) is 0.0880. The minimum Gasteiger partial charge on any atom is -0.282 e. The van der Waals surface area contributed by atoms with Crippen LogP contribution in [0.15, 0.2) is 12.1 Å². The molecule has 4 N–H and O–H groups in total. The molecule has 10 rings (SSSR count). The summed E-state index contributed by atoms with van der Waals surface area (Å²) in [5.41, 5.74) is 41.4. The van der Waals surface area contributed by atoms with Crippen molar-refractivity contribution in [1.82, 2.24) is 70.7 Å². The number of H-pyrrole nitrogens is 4. The van der Waals surface area contributed by atoms with Gasteiger partial charge in [-0.1, -0.05) is 19.9 Å². The van der Waals surface area contributed by atoms with Gasteiger partial charge in [-0.3, -0.25) is 30.4 Å². The monoisotopic (exact) mass is 1290 g/mol. The van der Waals surface area contributed by atoms with Crippen LogP contribution in [0.4, 0.5) is 5.69 Å². The van der Waals surface area contributed by atoms with E-state index in [0.29, 0.717) is 11.6 Å². The molecule has 1 aliphatic rings. The van der Waals surface area contributed by atoms with Crippen LogP contribution in [0.5, 0.6) is 0 Å². The molecule has 16 nitrogen and oxygen atoms in total. The summed E-state index contributed by atoms with van der Waals surface area (Å²) >= 11 is 0. The van der Waals surface area contributed by atoms with E-state index in [0.717, 1.165) is 86.4 Å². The van der Waals surface area contributed by atoms with Gasteiger partial charge in [0.25, 0.3) is 5.71 Å². The average molecular weight is 1290 g/mol. The second-order valence-electron chi connectivity index (χ2n) is 26.8. The number of nitrogens with zero attached hydrogens (tertiary/aromatic N) is 12. The highest BCUT2D eigenvalue weighted by Crippen LogP contribution is 2.50. The summed E-state index contributed by atoms with van der Waals surface area (Å²) in [5.74, 6) is 2.99. The van der Waals surface area contributed by atoms with Crippen LogP contribution >= 0.6 is 7.92 Å². The Bertz CT molecular complexity index is 4260. The Morgan fingerprint density at radius 3 is 1.17 bits per heavy atom.